The van der Waals surface area contributed by atoms with Gasteiger partial charge in [-0.2, -0.15) is 0 Å². The van der Waals surface area contributed by atoms with Crippen molar-refractivity contribution in [1.29, 1.82) is 0 Å². The lowest BCUT2D eigenvalue weighted by Crippen LogP contribution is -2.32. The Hall–Kier alpha value is -1.05. The predicted molar refractivity (Wildman–Crippen MR) is 75.8 cm³/mol. The Morgan fingerprint density at radius 3 is 3.10 bits per heavy atom. The molecule has 0 spiro atoms. The molecular weight excluding hydrogens is 278 g/mol. The van der Waals surface area contributed by atoms with E-state index in [4.69, 9.17) is 9.47 Å². The van der Waals surface area contributed by atoms with E-state index in [0.717, 1.165) is 29.5 Å². The van der Waals surface area contributed by atoms with Gasteiger partial charge in [0.1, 0.15) is 16.6 Å². The third-order valence-electron chi connectivity index (χ3n) is 3.04. The van der Waals surface area contributed by atoms with Gasteiger partial charge in [-0.1, -0.05) is 0 Å². The highest BCUT2D eigenvalue weighted by Crippen LogP contribution is 2.12. The van der Waals surface area contributed by atoms with Crippen molar-refractivity contribution in [2.75, 3.05) is 26.4 Å². The van der Waals surface area contributed by atoms with Crippen LogP contribution in [0.15, 0.2) is 0 Å². The van der Waals surface area contributed by atoms with Crippen LogP contribution in [0.4, 0.5) is 0 Å². The van der Waals surface area contributed by atoms with Gasteiger partial charge in [0.05, 0.1) is 12.7 Å². The number of rotatable bonds is 7. The minimum atomic E-state index is -0.0953. The average molecular weight is 299 g/mol. The number of aryl methyl sites for hydroxylation is 1. The molecule has 1 saturated heterocycles. The quantitative estimate of drug-likeness (QED) is 0.816. The summed E-state index contributed by atoms with van der Waals surface area (Å²) < 4.78 is 10.9. The number of amides is 1. The Bertz CT molecular complexity index is 419. The van der Waals surface area contributed by atoms with Gasteiger partial charge in [0, 0.05) is 19.6 Å². The largest absolute Gasteiger partial charge is 0.376 e. The SMILES string of the molecule is Cc1nnc(CCNC(=O)COCC2CCCCO2)s1. The zero-order valence-electron chi connectivity index (χ0n) is 11.8. The van der Waals surface area contributed by atoms with Crippen molar-refractivity contribution in [2.24, 2.45) is 0 Å². The first-order valence-electron chi connectivity index (χ1n) is 6.99. The summed E-state index contributed by atoms with van der Waals surface area (Å²) in [6.45, 7) is 3.89. The average Bonchev–Trinajstić information content (AvgIpc) is 2.86. The predicted octanol–water partition coefficient (Wildman–Crippen LogP) is 1.09. The van der Waals surface area contributed by atoms with Gasteiger partial charge in [-0.05, 0) is 26.2 Å². The third-order valence-corrected chi connectivity index (χ3v) is 3.94. The Balaban J connectivity index is 1.51. The van der Waals surface area contributed by atoms with Crippen LogP contribution in [0.5, 0.6) is 0 Å². The standard InChI is InChI=1S/C13H21N3O3S/c1-10-15-16-13(20-10)5-6-14-12(17)9-18-8-11-4-2-3-7-19-11/h11H,2-9H2,1H3,(H,14,17). The van der Waals surface area contributed by atoms with Crippen molar-refractivity contribution < 1.29 is 14.3 Å². The number of nitrogens with one attached hydrogen (secondary N) is 1. The van der Waals surface area contributed by atoms with Crippen LogP contribution in [0.3, 0.4) is 0 Å². The van der Waals surface area contributed by atoms with E-state index < -0.39 is 0 Å². The summed E-state index contributed by atoms with van der Waals surface area (Å²) in [6, 6.07) is 0. The smallest absolute Gasteiger partial charge is 0.246 e. The summed E-state index contributed by atoms with van der Waals surface area (Å²) in [4.78, 5) is 11.6. The molecule has 1 aliphatic heterocycles. The number of carbonyl (C=O) groups excluding carboxylic acids is 1. The molecule has 6 nitrogen and oxygen atoms in total. The number of carbonyl (C=O) groups is 1. The molecule has 0 aliphatic carbocycles. The molecule has 0 bridgehead atoms. The maximum atomic E-state index is 11.6. The first-order valence-corrected chi connectivity index (χ1v) is 7.80. The molecule has 112 valence electrons. The van der Waals surface area contributed by atoms with Crippen LogP contribution in [0, 0.1) is 6.92 Å². The molecule has 7 heteroatoms. The molecule has 1 atom stereocenters. The highest BCUT2D eigenvalue weighted by molar-refractivity contribution is 7.11. The van der Waals surface area contributed by atoms with Gasteiger partial charge in [0.25, 0.3) is 0 Å². The van der Waals surface area contributed by atoms with Crippen LogP contribution in [-0.4, -0.2) is 48.6 Å². The highest BCUT2D eigenvalue weighted by atomic mass is 32.1. The summed E-state index contributed by atoms with van der Waals surface area (Å²) in [5, 5.41) is 12.6. The molecule has 1 fully saturated rings. The number of hydrogen-bond acceptors (Lipinski definition) is 6. The summed E-state index contributed by atoms with van der Waals surface area (Å²) >= 11 is 1.55. The summed E-state index contributed by atoms with van der Waals surface area (Å²) in [7, 11) is 0. The second kappa shape index (κ2) is 8.28. The summed E-state index contributed by atoms with van der Waals surface area (Å²) in [5.74, 6) is -0.0953. The fourth-order valence-electron chi connectivity index (χ4n) is 2.02. The maximum absolute atomic E-state index is 11.6. The second-order valence-electron chi connectivity index (χ2n) is 4.82. The molecule has 1 N–H and O–H groups in total. The molecule has 1 unspecified atom stereocenters. The Morgan fingerprint density at radius 2 is 2.40 bits per heavy atom. The van der Waals surface area contributed by atoms with Gasteiger partial charge in [0.15, 0.2) is 0 Å². The molecule has 1 aliphatic rings. The van der Waals surface area contributed by atoms with E-state index in [1.807, 2.05) is 6.92 Å². The number of hydrogen-bond donors (Lipinski definition) is 1. The lowest BCUT2D eigenvalue weighted by atomic mass is 10.1. The molecule has 0 saturated carbocycles. The lowest BCUT2D eigenvalue weighted by Gasteiger charge is -2.22. The topological polar surface area (TPSA) is 73.3 Å². The van der Waals surface area contributed by atoms with Crippen LogP contribution in [0.25, 0.3) is 0 Å². The van der Waals surface area contributed by atoms with Crippen molar-refractivity contribution in [3.8, 4) is 0 Å². The minimum absolute atomic E-state index is 0.0923. The van der Waals surface area contributed by atoms with E-state index in [1.165, 1.54) is 6.42 Å². The number of ether oxygens (including phenoxy) is 2. The fraction of sp³-hybridized carbons (Fsp3) is 0.769. The Labute approximate surface area is 122 Å². The number of aromatic nitrogens is 2. The van der Waals surface area contributed by atoms with Crippen LogP contribution < -0.4 is 5.32 Å². The summed E-state index contributed by atoms with van der Waals surface area (Å²) in [5.41, 5.74) is 0. The molecule has 0 radical (unpaired) electrons. The van der Waals surface area contributed by atoms with Crippen molar-refractivity contribution in [3.63, 3.8) is 0 Å². The Morgan fingerprint density at radius 1 is 1.50 bits per heavy atom. The maximum Gasteiger partial charge on any atom is 0.246 e. The monoisotopic (exact) mass is 299 g/mol. The van der Waals surface area contributed by atoms with Crippen molar-refractivity contribution in [3.05, 3.63) is 10.0 Å². The van der Waals surface area contributed by atoms with Gasteiger partial charge < -0.3 is 14.8 Å². The van der Waals surface area contributed by atoms with Crippen molar-refractivity contribution in [2.45, 2.75) is 38.7 Å². The van der Waals surface area contributed by atoms with Gasteiger partial charge >= 0.3 is 0 Å². The molecule has 20 heavy (non-hydrogen) atoms. The molecule has 2 rings (SSSR count). The van der Waals surface area contributed by atoms with E-state index in [2.05, 4.69) is 15.5 Å². The van der Waals surface area contributed by atoms with E-state index in [1.54, 1.807) is 11.3 Å². The molecule has 1 aromatic rings. The minimum Gasteiger partial charge on any atom is -0.376 e. The molecular formula is C13H21N3O3S. The molecule has 1 aromatic heterocycles. The van der Waals surface area contributed by atoms with E-state index in [0.29, 0.717) is 19.6 Å². The second-order valence-corrected chi connectivity index (χ2v) is 6.08. The Kier molecular flexibility index (Phi) is 6.35. The van der Waals surface area contributed by atoms with E-state index >= 15 is 0 Å². The molecule has 1 amide bonds. The first kappa shape index (κ1) is 15.3. The zero-order chi connectivity index (χ0) is 14.2. The lowest BCUT2D eigenvalue weighted by molar-refractivity contribution is -0.127. The van der Waals surface area contributed by atoms with Crippen LogP contribution >= 0.6 is 11.3 Å². The van der Waals surface area contributed by atoms with Gasteiger partial charge in [-0.15, -0.1) is 21.5 Å². The number of nitrogens with zero attached hydrogens (tertiary/aromatic N) is 2. The normalized spacial score (nSPS) is 18.9. The van der Waals surface area contributed by atoms with Gasteiger partial charge in [-0.25, -0.2) is 0 Å². The van der Waals surface area contributed by atoms with E-state index in [-0.39, 0.29) is 18.6 Å². The zero-order valence-corrected chi connectivity index (χ0v) is 12.6. The van der Waals surface area contributed by atoms with Gasteiger partial charge in [0.2, 0.25) is 5.91 Å². The van der Waals surface area contributed by atoms with Crippen LogP contribution in [0.2, 0.25) is 0 Å². The third kappa shape index (κ3) is 5.52. The molecule has 0 aromatic carbocycles. The highest BCUT2D eigenvalue weighted by Gasteiger charge is 2.14. The van der Waals surface area contributed by atoms with Crippen LogP contribution in [0.1, 0.15) is 29.3 Å². The van der Waals surface area contributed by atoms with Crippen LogP contribution in [-0.2, 0) is 20.7 Å². The van der Waals surface area contributed by atoms with Crippen molar-refractivity contribution in [1.82, 2.24) is 15.5 Å². The van der Waals surface area contributed by atoms with Gasteiger partial charge in [-0.3, -0.25) is 4.79 Å². The van der Waals surface area contributed by atoms with E-state index in [9.17, 15) is 4.79 Å². The summed E-state index contributed by atoms with van der Waals surface area (Å²) in [6.07, 6.45) is 4.20. The fourth-order valence-corrected chi connectivity index (χ4v) is 2.73. The van der Waals surface area contributed by atoms with Crippen molar-refractivity contribution >= 4 is 17.2 Å². The molecule has 2 heterocycles. The first-order chi connectivity index (χ1) is 9.74.